The number of amides is 1. The number of carbonyl (C=O) groups is 1. The third kappa shape index (κ3) is 4.58. The molecule has 0 spiro atoms. The molecular formula is C13H20N2O2S. The number of nitrogens with two attached hydrogens (primary N) is 1. The number of aryl methyl sites for hydroxylation is 1. The second-order valence-electron chi connectivity index (χ2n) is 4.09. The molecule has 0 bridgehead atoms. The monoisotopic (exact) mass is 268 g/mol. The zero-order valence-electron chi connectivity index (χ0n) is 11.0. The van der Waals surface area contributed by atoms with Gasteiger partial charge < -0.3 is 15.8 Å². The molecule has 0 radical (unpaired) electrons. The standard InChI is InChI=1S/C13H20N2O2S/c1-9-4-5-11(14)12(8-9)18-10(2)13(16)15-6-7-17-3/h4-5,8,10H,6-7,14H2,1-3H3,(H,15,16). The van der Waals surface area contributed by atoms with Crippen LogP contribution in [0.4, 0.5) is 5.69 Å². The second kappa shape index (κ2) is 7.28. The van der Waals surface area contributed by atoms with Crippen LogP contribution >= 0.6 is 11.8 Å². The van der Waals surface area contributed by atoms with E-state index in [0.717, 1.165) is 10.5 Å². The molecule has 0 aromatic heterocycles. The topological polar surface area (TPSA) is 64.3 Å². The summed E-state index contributed by atoms with van der Waals surface area (Å²) in [5, 5.41) is 2.64. The molecule has 18 heavy (non-hydrogen) atoms. The first-order valence-electron chi connectivity index (χ1n) is 5.84. The molecule has 1 atom stereocenters. The lowest BCUT2D eigenvalue weighted by molar-refractivity contribution is -0.120. The number of nitrogens with one attached hydrogen (secondary N) is 1. The summed E-state index contributed by atoms with van der Waals surface area (Å²) >= 11 is 1.47. The van der Waals surface area contributed by atoms with Crippen LogP contribution in [0.25, 0.3) is 0 Å². The zero-order valence-corrected chi connectivity index (χ0v) is 11.8. The van der Waals surface area contributed by atoms with Gasteiger partial charge in [-0.15, -0.1) is 11.8 Å². The number of methoxy groups -OCH3 is 1. The zero-order chi connectivity index (χ0) is 13.5. The van der Waals surface area contributed by atoms with Gasteiger partial charge in [-0.2, -0.15) is 0 Å². The Hall–Kier alpha value is -1.20. The third-order valence-electron chi connectivity index (χ3n) is 2.45. The van der Waals surface area contributed by atoms with Crippen LogP contribution in [0, 0.1) is 6.92 Å². The largest absolute Gasteiger partial charge is 0.398 e. The predicted octanol–water partition coefficient (Wildman–Crippen LogP) is 1.82. The summed E-state index contributed by atoms with van der Waals surface area (Å²) < 4.78 is 4.88. The van der Waals surface area contributed by atoms with Gasteiger partial charge in [0.1, 0.15) is 0 Å². The van der Waals surface area contributed by atoms with Crippen molar-refractivity contribution in [3.63, 3.8) is 0 Å². The van der Waals surface area contributed by atoms with Gasteiger partial charge in [0.05, 0.1) is 11.9 Å². The summed E-state index contributed by atoms with van der Waals surface area (Å²) in [7, 11) is 1.61. The summed E-state index contributed by atoms with van der Waals surface area (Å²) in [5.41, 5.74) is 7.73. The average Bonchev–Trinajstić information content (AvgIpc) is 2.34. The molecule has 1 aromatic carbocycles. The van der Waals surface area contributed by atoms with Crippen LogP contribution in [0.15, 0.2) is 23.1 Å². The van der Waals surface area contributed by atoms with Gasteiger partial charge in [-0.1, -0.05) is 6.07 Å². The Morgan fingerprint density at radius 1 is 1.56 bits per heavy atom. The van der Waals surface area contributed by atoms with Crippen LogP contribution in [-0.2, 0) is 9.53 Å². The van der Waals surface area contributed by atoms with Gasteiger partial charge in [0, 0.05) is 24.2 Å². The quantitative estimate of drug-likeness (QED) is 0.469. The molecule has 100 valence electrons. The Labute approximate surface area is 112 Å². The summed E-state index contributed by atoms with van der Waals surface area (Å²) in [6.07, 6.45) is 0. The van der Waals surface area contributed by atoms with Gasteiger partial charge in [-0.3, -0.25) is 4.79 Å². The number of anilines is 1. The number of thioether (sulfide) groups is 1. The number of hydrogen-bond donors (Lipinski definition) is 2. The van der Waals surface area contributed by atoms with Crippen LogP contribution in [0.2, 0.25) is 0 Å². The molecule has 0 aliphatic carbocycles. The number of nitrogen functional groups attached to an aromatic ring is 1. The lowest BCUT2D eigenvalue weighted by Gasteiger charge is -2.13. The number of benzene rings is 1. The van der Waals surface area contributed by atoms with Crippen LogP contribution in [0.3, 0.4) is 0 Å². The maximum Gasteiger partial charge on any atom is 0.233 e. The number of hydrogen-bond acceptors (Lipinski definition) is 4. The second-order valence-corrected chi connectivity index (χ2v) is 5.47. The van der Waals surface area contributed by atoms with Gasteiger partial charge in [0.15, 0.2) is 0 Å². The molecule has 4 nitrogen and oxygen atoms in total. The molecule has 0 heterocycles. The smallest absolute Gasteiger partial charge is 0.233 e. The highest BCUT2D eigenvalue weighted by atomic mass is 32.2. The first-order valence-corrected chi connectivity index (χ1v) is 6.72. The lowest BCUT2D eigenvalue weighted by Crippen LogP contribution is -2.33. The molecule has 1 aromatic rings. The molecule has 3 N–H and O–H groups in total. The van der Waals surface area contributed by atoms with Gasteiger partial charge in [-0.25, -0.2) is 0 Å². The van der Waals surface area contributed by atoms with Crippen LogP contribution < -0.4 is 11.1 Å². The Balaban J connectivity index is 2.55. The van der Waals surface area contributed by atoms with Crippen molar-refractivity contribution in [2.45, 2.75) is 24.0 Å². The lowest BCUT2D eigenvalue weighted by atomic mass is 10.2. The predicted molar refractivity (Wildman–Crippen MR) is 75.8 cm³/mol. The van der Waals surface area contributed by atoms with Crippen LogP contribution in [-0.4, -0.2) is 31.4 Å². The van der Waals surface area contributed by atoms with Crippen molar-refractivity contribution in [1.82, 2.24) is 5.32 Å². The van der Waals surface area contributed by atoms with Gasteiger partial charge in [-0.05, 0) is 31.5 Å². The van der Waals surface area contributed by atoms with E-state index in [4.69, 9.17) is 10.5 Å². The maximum absolute atomic E-state index is 11.8. The Morgan fingerprint density at radius 3 is 2.94 bits per heavy atom. The van der Waals surface area contributed by atoms with E-state index < -0.39 is 0 Å². The minimum atomic E-state index is -0.175. The number of rotatable bonds is 6. The SMILES string of the molecule is COCCNC(=O)C(C)Sc1cc(C)ccc1N. The van der Waals surface area contributed by atoms with Crippen molar-refractivity contribution in [2.75, 3.05) is 26.0 Å². The molecule has 1 rings (SSSR count). The molecule has 1 unspecified atom stereocenters. The van der Waals surface area contributed by atoms with E-state index in [9.17, 15) is 4.79 Å². The molecule has 0 fully saturated rings. The van der Waals surface area contributed by atoms with Crippen molar-refractivity contribution in [3.05, 3.63) is 23.8 Å². The van der Waals surface area contributed by atoms with Gasteiger partial charge >= 0.3 is 0 Å². The molecule has 0 saturated heterocycles. The van der Waals surface area contributed by atoms with Crippen molar-refractivity contribution in [1.29, 1.82) is 0 Å². The fourth-order valence-corrected chi connectivity index (χ4v) is 2.44. The van der Waals surface area contributed by atoms with E-state index in [0.29, 0.717) is 18.8 Å². The fourth-order valence-electron chi connectivity index (χ4n) is 1.41. The summed E-state index contributed by atoms with van der Waals surface area (Å²) in [6.45, 7) is 4.93. The van der Waals surface area contributed by atoms with E-state index in [1.165, 1.54) is 11.8 Å². The van der Waals surface area contributed by atoms with E-state index in [1.807, 2.05) is 32.0 Å². The van der Waals surface area contributed by atoms with E-state index in [-0.39, 0.29) is 11.2 Å². The normalized spacial score (nSPS) is 12.2. The molecule has 1 amide bonds. The summed E-state index contributed by atoms with van der Waals surface area (Å²) in [4.78, 5) is 12.7. The molecule has 0 aliphatic heterocycles. The van der Waals surface area contributed by atoms with Crippen LogP contribution in [0.1, 0.15) is 12.5 Å². The van der Waals surface area contributed by atoms with Crippen molar-refractivity contribution >= 4 is 23.4 Å². The Kier molecular flexibility index (Phi) is 6.01. The fraction of sp³-hybridized carbons (Fsp3) is 0.462. The van der Waals surface area contributed by atoms with E-state index in [2.05, 4.69) is 5.32 Å². The Bertz CT molecular complexity index is 410. The molecular weight excluding hydrogens is 248 g/mol. The van der Waals surface area contributed by atoms with E-state index >= 15 is 0 Å². The van der Waals surface area contributed by atoms with Crippen molar-refractivity contribution in [3.8, 4) is 0 Å². The first-order chi connectivity index (χ1) is 8.54. The highest BCUT2D eigenvalue weighted by molar-refractivity contribution is 8.00. The third-order valence-corrected chi connectivity index (χ3v) is 3.62. The highest BCUT2D eigenvalue weighted by Crippen LogP contribution is 2.29. The van der Waals surface area contributed by atoms with Crippen molar-refractivity contribution < 1.29 is 9.53 Å². The summed E-state index contributed by atoms with van der Waals surface area (Å²) in [5.74, 6) is -0.00189. The molecule has 0 saturated carbocycles. The summed E-state index contributed by atoms with van der Waals surface area (Å²) in [6, 6.07) is 5.83. The van der Waals surface area contributed by atoms with Crippen molar-refractivity contribution in [2.24, 2.45) is 0 Å². The first kappa shape index (κ1) is 14.9. The molecule has 5 heteroatoms. The minimum absolute atomic E-state index is 0.00189. The highest BCUT2D eigenvalue weighted by Gasteiger charge is 2.15. The van der Waals surface area contributed by atoms with Gasteiger partial charge in [0.25, 0.3) is 0 Å². The van der Waals surface area contributed by atoms with Gasteiger partial charge in [0.2, 0.25) is 5.91 Å². The van der Waals surface area contributed by atoms with E-state index in [1.54, 1.807) is 7.11 Å². The Morgan fingerprint density at radius 2 is 2.28 bits per heavy atom. The number of carbonyl (C=O) groups excluding carboxylic acids is 1. The number of ether oxygens (including phenoxy) is 1. The maximum atomic E-state index is 11.8. The molecule has 0 aliphatic rings. The average molecular weight is 268 g/mol. The van der Waals surface area contributed by atoms with Crippen LogP contribution in [0.5, 0.6) is 0 Å². The minimum Gasteiger partial charge on any atom is -0.398 e.